The van der Waals surface area contributed by atoms with Gasteiger partial charge in [-0.3, -0.25) is 0 Å². The molecule has 0 spiro atoms. The van der Waals surface area contributed by atoms with Crippen molar-refractivity contribution in [3.63, 3.8) is 0 Å². The van der Waals surface area contributed by atoms with Gasteiger partial charge in [0.2, 0.25) is 5.89 Å². The normalized spacial score (nSPS) is 20.5. The number of oxazole rings is 1. The van der Waals surface area contributed by atoms with E-state index < -0.39 is 5.97 Å². The van der Waals surface area contributed by atoms with Crippen molar-refractivity contribution in [3.05, 3.63) is 82.9 Å². The number of allylic oxidation sites excluding steroid dienone is 6. The zero-order chi connectivity index (χ0) is 23.9. The molecule has 2 aliphatic rings. The fourth-order valence-electron chi connectivity index (χ4n) is 4.52. The number of carbonyl (C=O) groups is 1. The van der Waals surface area contributed by atoms with Crippen molar-refractivity contribution < 1.29 is 28.2 Å². The summed E-state index contributed by atoms with van der Waals surface area (Å²) in [5.74, 6) is -0.347. The van der Waals surface area contributed by atoms with Gasteiger partial charge in [0.1, 0.15) is 17.8 Å². The Morgan fingerprint density at radius 3 is 3.00 bits per heavy atom. The van der Waals surface area contributed by atoms with Gasteiger partial charge in [0.05, 0.1) is 31.5 Å². The number of carboxylic acids is 1. The van der Waals surface area contributed by atoms with Crippen molar-refractivity contribution >= 4 is 11.5 Å². The molecule has 0 amide bonds. The first-order chi connectivity index (χ1) is 16.5. The minimum absolute atomic E-state index is 0.0897. The number of aromatic carboxylic acids is 1. The van der Waals surface area contributed by atoms with E-state index in [-0.39, 0.29) is 11.9 Å². The molecule has 4 rings (SSSR count). The largest absolute Gasteiger partial charge is 0.478 e. The molecule has 2 aliphatic carbocycles. The molecule has 1 fully saturated rings. The van der Waals surface area contributed by atoms with Crippen molar-refractivity contribution in [3.8, 4) is 0 Å². The van der Waals surface area contributed by atoms with E-state index in [2.05, 4.69) is 4.98 Å². The van der Waals surface area contributed by atoms with Crippen LogP contribution in [0.3, 0.4) is 0 Å². The standard InChI is InChI=1S/C27H30FNO5/c1-18-5-2-8-21(25(18)27(30)31)15-33-24-10-3-6-19(13-24)14-32-16-23-17-34-26(29-23)20-7-4-9-22(28)12-11-20/h2,4-5,8-9,11-12,17,19,24H,3,6-7,10,13-16H2,1H3,(H,30,31). The van der Waals surface area contributed by atoms with Gasteiger partial charge in [0.25, 0.3) is 0 Å². The van der Waals surface area contributed by atoms with Crippen LogP contribution in [0.4, 0.5) is 4.39 Å². The number of ether oxygens (including phenoxy) is 2. The summed E-state index contributed by atoms with van der Waals surface area (Å²) in [6.07, 6.45) is 12.5. The summed E-state index contributed by atoms with van der Waals surface area (Å²) < 4.78 is 30.9. The molecule has 1 N–H and O–H groups in total. The molecule has 1 saturated carbocycles. The van der Waals surface area contributed by atoms with Gasteiger partial charge in [-0.15, -0.1) is 0 Å². The zero-order valence-electron chi connectivity index (χ0n) is 19.3. The van der Waals surface area contributed by atoms with Crippen LogP contribution in [0.25, 0.3) is 5.57 Å². The topological polar surface area (TPSA) is 81.8 Å². The third-order valence-corrected chi connectivity index (χ3v) is 6.27. The average Bonchev–Trinajstić information content (AvgIpc) is 3.18. The predicted octanol–water partition coefficient (Wildman–Crippen LogP) is 6.17. The van der Waals surface area contributed by atoms with E-state index in [1.807, 2.05) is 12.1 Å². The number of rotatable bonds is 9. The number of carboxylic acid groups (broad SMARTS) is 1. The number of aryl methyl sites for hydroxylation is 1. The van der Waals surface area contributed by atoms with Gasteiger partial charge in [-0.25, -0.2) is 14.2 Å². The van der Waals surface area contributed by atoms with Crippen molar-refractivity contribution in [2.75, 3.05) is 6.61 Å². The SMILES string of the molecule is Cc1cccc(COC2CCCC(COCc3coc(C4=CC=C(F)C=CC4)n3)C2)c1C(=O)O. The molecule has 34 heavy (non-hydrogen) atoms. The fraction of sp³-hybridized carbons (Fsp3) is 0.407. The number of benzene rings is 1. The average molecular weight is 468 g/mol. The first-order valence-corrected chi connectivity index (χ1v) is 11.7. The molecule has 0 radical (unpaired) electrons. The first-order valence-electron chi connectivity index (χ1n) is 11.7. The molecule has 6 nitrogen and oxygen atoms in total. The van der Waals surface area contributed by atoms with Crippen LogP contribution in [-0.4, -0.2) is 28.8 Å². The number of halogens is 1. The van der Waals surface area contributed by atoms with Crippen LogP contribution in [0, 0.1) is 12.8 Å². The van der Waals surface area contributed by atoms with Gasteiger partial charge in [-0.1, -0.05) is 36.8 Å². The highest BCUT2D eigenvalue weighted by Gasteiger charge is 2.24. The molecule has 1 aromatic carbocycles. The second-order valence-corrected chi connectivity index (χ2v) is 8.89. The highest BCUT2D eigenvalue weighted by Crippen LogP contribution is 2.28. The summed E-state index contributed by atoms with van der Waals surface area (Å²) in [6, 6.07) is 5.49. The smallest absolute Gasteiger partial charge is 0.336 e. The third kappa shape index (κ3) is 6.30. The Kier molecular flexibility index (Phi) is 8.08. The lowest BCUT2D eigenvalue weighted by Gasteiger charge is -2.29. The van der Waals surface area contributed by atoms with E-state index in [0.29, 0.717) is 54.9 Å². The predicted molar refractivity (Wildman–Crippen MR) is 126 cm³/mol. The Balaban J connectivity index is 1.24. The molecule has 0 bridgehead atoms. The maximum absolute atomic E-state index is 13.3. The summed E-state index contributed by atoms with van der Waals surface area (Å²) in [4.78, 5) is 16.1. The second kappa shape index (κ2) is 11.4. The lowest BCUT2D eigenvalue weighted by atomic mass is 9.87. The fourth-order valence-corrected chi connectivity index (χ4v) is 4.52. The van der Waals surface area contributed by atoms with Gasteiger partial charge in [-0.05, 0) is 61.8 Å². The van der Waals surface area contributed by atoms with Crippen LogP contribution in [0.1, 0.15) is 65.2 Å². The Bertz CT molecular complexity index is 1100. The van der Waals surface area contributed by atoms with Crippen LogP contribution in [0.15, 0.2) is 59.0 Å². The van der Waals surface area contributed by atoms with E-state index in [1.54, 1.807) is 31.4 Å². The van der Waals surface area contributed by atoms with Gasteiger partial charge >= 0.3 is 5.97 Å². The molecule has 0 saturated heterocycles. The van der Waals surface area contributed by atoms with Crippen LogP contribution in [-0.2, 0) is 22.7 Å². The van der Waals surface area contributed by atoms with Crippen molar-refractivity contribution in [2.24, 2.45) is 5.92 Å². The molecular formula is C27H30FNO5. The highest BCUT2D eigenvalue weighted by molar-refractivity contribution is 5.91. The molecule has 1 heterocycles. The van der Waals surface area contributed by atoms with E-state index in [1.165, 1.54) is 12.2 Å². The molecule has 2 aromatic rings. The Labute approximate surface area is 198 Å². The summed E-state index contributed by atoms with van der Waals surface area (Å²) in [5.41, 5.74) is 3.32. The van der Waals surface area contributed by atoms with Crippen molar-refractivity contribution in [2.45, 2.75) is 58.3 Å². The van der Waals surface area contributed by atoms with Crippen LogP contribution in [0.2, 0.25) is 0 Å². The van der Waals surface area contributed by atoms with Gasteiger partial charge in [-0.2, -0.15) is 0 Å². The molecule has 1 aromatic heterocycles. The third-order valence-electron chi connectivity index (χ3n) is 6.27. The molecule has 0 aliphatic heterocycles. The molecule has 180 valence electrons. The van der Waals surface area contributed by atoms with Crippen LogP contribution < -0.4 is 0 Å². The quantitative estimate of drug-likeness (QED) is 0.475. The summed E-state index contributed by atoms with van der Waals surface area (Å²) >= 11 is 0. The monoisotopic (exact) mass is 467 g/mol. The summed E-state index contributed by atoms with van der Waals surface area (Å²) in [6.45, 7) is 3.06. The summed E-state index contributed by atoms with van der Waals surface area (Å²) in [7, 11) is 0. The zero-order valence-corrected chi connectivity index (χ0v) is 19.3. The second-order valence-electron chi connectivity index (χ2n) is 8.89. The number of hydrogen-bond donors (Lipinski definition) is 1. The minimum Gasteiger partial charge on any atom is -0.478 e. The van der Waals surface area contributed by atoms with Gasteiger partial charge < -0.3 is 19.0 Å². The Morgan fingerprint density at radius 1 is 1.26 bits per heavy atom. The number of aromatic nitrogens is 1. The molecule has 2 atom stereocenters. The van der Waals surface area contributed by atoms with Crippen molar-refractivity contribution in [1.82, 2.24) is 4.98 Å². The van der Waals surface area contributed by atoms with Crippen LogP contribution >= 0.6 is 0 Å². The number of hydrogen-bond acceptors (Lipinski definition) is 5. The first kappa shape index (κ1) is 24.1. The van der Waals surface area contributed by atoms with Gasteiger partial charge in [0.15, 0.2) is 0 Å². The van der Waals surface area contributed by atoms with E-state index in [0.717, 1.165) is 36.8 Å². The Hall–Kier alpha value is -3.03. The summed E-state index contributed by atoms with van der Waals surface area (Å²) in [5, 5.41) is 9.51. The van der Waals surface area contributed by atoms with E-state index in [4.69, 9.17) is 13.9 Å². The maximum Gasteiger partial charge on any atom is 0.336 e. The maximum atomic E-state index is 13.3. The lowest BCUT2D eigenvalue weighted by molar-refractivity contribution is -0.0182. The minimum atomic E-state index is -0.918. The highest BCUT2D eigenvalue weighted by atomic mass is 19.1. The van der Waals surface area contributed by atoms with Crippen LogP contribution in [0.5, 0.6) is 0 Å². The number of nitrogens with zero attached hydrogens (tertiary/aromatic N) is 1. The lowest BCUT2D eigenvalue weighted by Crippen LogP contribution is -2.26. The molecule has 7 heteroatoms. The van der Waals surface area contributed by atoms with E-state index in [9.17, 15) is 14.3 Å². The van der Waals surface area contributed by atoms with Crippen molar-refractivity contribution in [1.29, 1.82) is 0 Å². The van der Waals surface area contributed by atoms with Gasteiger partial charge in [0, 0.05) is 5.57 Å². The Morgan fingerprint density at radius 2 is 2.15 bits per heavy atom. The molecular weight excluding hydrogens is 437 g/mol. The van der Waals surface area contributed by atoms with E-state index >= 15 is 0 Å². The molecule has 2 unspecified atom stereocenters.